The van der Waals surface area contributed by atoms with Crippen molar-refractivity contribution in [2.24, 2.45) is 0 Å². The average Bonchev–Trinajstić information content (AvgIpc) is 3.27. The van der Waals surface area contributed by atoms with Crippen LogP contribution in [0.1, 0.15) is 23.1 Å². The number of hydrogen-bond acceptors (Lipinski definition) is 4. The molecule has 0 spiro atoms. The third kappa shape index (κ3) is 3.94. The van der Waals surface area contributed by atoms with Crippen LogP contribution in [0.25, 0.3) is 0 Å². The molecule has 1 N–H and O–H groups in total. The number of carbonyl (C=O) groups excluding carboxylic acids is 2. The zero-order valence-electron chi connectivity index (χ0n) is 18.8. The fraction of sp³-hybridized carbons (Fsp3) is 0.231. The first kappa shape index (κ1) is 22.2. The first-order chi connectivity index (χ1) is 16.3. The minimum Gasteiger partial charge on any atom is -0.318 e. The molecule has 0 radical (unpaired) electrons. The van der Waals surface area contributed by atoms with Gasteiger partial charge in [0.1, 0.15) is 0 Å². The van der Waals surface area contributed by atoms with Gasteiger partial charge in [0, 0.05) is 24.5 Å². The summed E-state index contributed by atoms with van der Waals surface area (Å²) in [5, 5.41) is 2.67. The van der Waals surface area contributed by atoms with Crippen molar-refractivity contribution in [1.82, 2.24) is 0 Å². The van der Waals surface area contributed by atoms with Crippen LogP contribution in [0, 0.1) is 6.92 Å². The van der Waals surface area contributed by atoms with Gasteiger partial charge in [0.15, 0.2) is 0 Å². The van der Waals surface area contributed by atoms with Gasteiger partial charge in [0.25, 0.3) is 10.0 Å². The molecule has 0 bridgehead atoms. The highest BCUT2D eigenvalue weighted by atomic mass is 32.2. The van der Waals surface area contributed by atoms with Gasteiger partial charge in [-0.25, -0.2) is 8.42 Å². The summed E-state index contributed by atoms with van der Waals surface area (Å²) in [7, 11) is -3.75. The van der Waals surface area contributed by atoms with Crippen molar-refractivity contribution in [1.29, 1.82) is 0 Å². The van der Waals surface area contributed by atoms with Crippen LogP contribution in [-0.4, -0.2) is 33.3 Å². The number of aryl methyl sites for hydroxylation is 2. The first-order valence-electron chi connectivity index (χ1n) is 11.3. The molecule has 0 aliphatic carbocycles. The summed E-state index contributed by atoms with van der Waals surface area (Å²) in [4.78, 5) is 27.3. The molecule has 0 saturated carbocycles. The smallest absolute Gasteiger partial charge is 0.316 e. The third-order valence-corrected chi connectivity index (χ3v) is 8.18. The van der Waals surface area contributed by atoms with Crippen molar-refractivity contribution in [3.8, 4) is 0 Å². The van der Waals surface area contributed by atoms with Crippen LogP contribution < -0.4 is 14.5 Å². The van der Waals surface area contributed by atoms with Crippen molar-refractivity contribution in [3.63, 3.8) is 0 Å². The van der Waals surface area contributed by atoms with Crippen molar-refractivity contribution in [3.05, 3.63) is 83.4 Å². The number of rotatable bonds is 3. The monoisotopic (exact) mass is 475 g/mol. The summed E-state index contributed by atoms with van der Waals surface area (Å²) < 4.78 is 28.1. The van der Waals surface area contributed by atoms with Gasteiger partial charge < -0.3 is 10.2 Å². The van der Waals surface area contributed by atoms with Crippen LogP contribution in [0.3, 0.4) is 0 Å². The van der Waals surface area contributed by atoms with E-state index in [1.165, 1.54) is 9.21 Å². The van der Waals surface area contributed by atoms with E-state index in [9.17, 15) is 18.0 Å². The molecule has 0 unspecified atom stereocenters. The Kier molecular flexibility index (Phi) is 5.61. The van der Waals surface area contributed by atoms with Gasteiger partial charge in [-0.15, -0.1) is 0 Å². The average molecular weight is 476 g/mol. The van der Waals surface area contributed by atoms with Crippen LogP contribution in [0.5, 0.6) is 0 Å². The predicted molar refractivity (Wildman–Crippen MR) is 132 cm³/mol. The van der Waals surface area contributed by atoms with Gasteiger partial charge in [-0.3, -0.25) is 13.9 Å². The Morgan fingerprint density at radius 2 is 1.59 bits per heavy atom. The quantitative estimate of drug-likeness (QED) is 0.586. The topological polar surface area (TPSA) is 86.8 Å². The molecular formula is C26H25N3O4S. The lowest BCUT2D eigenvalue weighted by Crippen LogP contribution is -2.39. The summed E-state index contributed by atoms with van der Waals surface area (Å²) in [5.41, 5.74) is 4.57. The number of para-hydroxylation sites is 1. The van der Waals surface area contributed by atoms with E-state index in [4.69, 9.17) is 0 Å². The second-order valence-corrected chi connectivity index (χ2v) is 10.5. The molecular weight excluding hydrogens is 450 g/mol. The molecule has 0 atom stereocenters. The molecule has 3 aromatic carbocycles. The van der Waals surface area contributed by atoms with Crippen molar-refractivity contribution >= 4 is 38.9 Å². The lowest BCUT2D eigenvalue weighted by molar-refractivity contribution is -0.134. The Morgan fingerprint density at radius 1 is 0.853 bits per heavy atom. The van der Waals surface area contributed by atoms with Crippen molar-refractivity contribution < 1.29 is 18.0 Å². The van der Waals surface area contributed by atoms with E-state index in [1.807, 2.05) is 37.3 Å². The second-order valence-electron chi connectivity index (χ2n) is 8.63. The lowest BCUT2D eigenvalue weighted by atomic mass is 10.0. The lowest BCUT2D eigenvalue weighted by Gasteiger charge is -2.31. The fourth-order valence-corrected chi connectivity index (χ4v) is 6.10. The number of sulfonamides is 1. The van der Waals surface area contributed by atoms with Crippen LogP contribution in [0.2, 0.25) is 0 Å². The van der Waals surface area contributed by atoms with Gasteiger partial charge in [0.05, 0.1) is 10.6 Å². The van der Waals surface area contributed by atoms with E-state index in [2.05, 4.69) is 5.32 Å². The molecule has 174 valence electrons. The summed E-state index contributed by atoms with van der Waals surface area (Å²) in [6.45, 7) is 2.71. The molecule has 2 aliphatic heterocycles. The molecule has 7 nitrogen and oxygen atoms in total. The molecule has 0 saturated heterocycles. The highest BCUT2D eigenvalue weighted by Crippen LogP contribution is 2.34. The second kappa shape index (κ2) is 8.61. The summed E-state index contributed by atoms with van der Waals surface area (Å²) in [6, 6.07) is 19.5. The number of hydrogen-bond donors (Lipinski definition) is 1. The van der Waals surface area contributed by atoms with E-state index in [1.54, 1.807) is 36.4 Å². The van der Waals surface area contributed by atoms with Crippen molar-refractivity contribution in [2.45, 2.75) is 31.1 Å². The van der Waals surface area contributed by atoms with E-state index < -0.39 is 21.8 Å². The Bertz CT molecular complexity index is 1380. The molecule has 8 heteroatoms. The minimum absolute atomic E-state index is 0.225. The molecule has 2 heterocycles. The van der Waals surface area contributed by atoms with E-state index in [0.29, 0.717) is 37.3 Å². The van der Waals surface area contributed by atoms with Crippen LogP contribution in [0.15, 0.2) is 71.6 Å². The maximum Gasteiger partial charge on any atom is 0.316 e. The molecule has 2 amide bonds. The Morgan fingerprint density at radius 3 is 2.38 bits per heavy atom. The fourth-order valence-electron chi connectivity index (χ4n) is 4.56. The zero-order valence-corrected chi connectivity index (χ0v) is 19.6. The first-order valence-corrected chi connectivity index (χ1v) is 12.7. The maximum absolute atomic E-state index is 13.4. The number of carbonyl (C=O) groups is 2. The molecule has 3 aromatic rings. The Labute approximate surface area is 199 Å². The van der Waals surface area contributed by atoms with Crippen LogP contribution >= 0.6 is 0 Å². The predicted octanol–water partition coefficient (Wildman–Crippen LogP) is 3.66. The largest absolute Gasteiger partial charge is 0.318 e. The molecule has 5 rings (SSSR count). The highest BCUT2D eigenvalue weighted by Gasteiger charge is 2.31. The maximum atomic E-state index is 13.4. The zero-order chi connectivity index (χ0) is 23.9. The third-order valence-electron chi connectivity index (χ3n) is 6.35. The standard InChI is InChI=1S/C26H25N3O4S/c1-18-8-12-22(13-9-18)34(32,33)29-15-4-6-19-10-11-21(17-24(19)29)27-25(30)26(31)28-16-14-20-5-2-3-7-23(20)28/h2-3,5,7-13,17H,4,6,14-16H2,1H3,(H,27,30). The van der Waals surface area contributed by atoms with Gasteiger partial charge in [-0.05, 0) is 67.6 Å². The number of benzene rings is 3. The SMILES string of the molecule is Cc1ccc(S(=O)(=O)N2CCCc3ccc(NC(=O)C(=O)N4CCc5ccccc54)cc32)cc1. The molecule has 34 heavy (non-hydrogen) atoms. The summed E-state index contributed by atoms with van der Waals surface area (Å²) in [5.74, 6) is -1.38. The van der Waals surface area contributed by atoms with Gasteiger partial charge >= 0.3 is 11.8 Å². The Hall–Kier alpha value is -3.65. The van der Waals surface area contributed by atoms with E-state index in [0.717, 1.165) is 28.8 Å². The van der Waals surface area contributed by atoms with Gasteiger partial charge in [0.2, 0.25) is 0 Å². The van der Waals surface area contributed by atoms with E-state index in [-0.39, 0.29) is 4.90 Å². The highest BCUT2D eigenvalue weighted by molar-refractivity contribution is 7.92. The van der Waals surface area contributed by atoms with E-state index >= 15 is 0 Å². The number of nitrogens with zero attached hydrogens (tertiary/aromatic N) is 2. The summed E-state index contributed by atoms with van der Waals surface area (Å²) >= 11 is 0. The van der Waals surface area contributed by atoms with Crippen LogP contribution in [-0.2, 0) is 32.5 Å². The van der Waals surface area contributed by atoms with Crippen LogP contribution in [0.4, 0.5) is 17.1 Å². The molecule has 0 fully saturated rings. The summed E-state index contributed by atoms with van der Waals surface area (Å²) in [6.07, 6.45) is 2.16. The normalized spacial score (nSPS) is 15.0. The number of anilines is 3. The minimum atomic E-state index is -3.75. The Balaban J connectivity index is 1.40. The number of amides is 2. The molecule has 2 aliphatic rings. The number of fused-ring (bicyclic) bond motifs is 2. The van der Waals surface area contributed by atoms with Gasteiger partial charge in [-0.2, -0.15) is 0 Å². The number of nitrogens with one attached hydrogen (secondary N) is 1. The molecule has 0 aromatic heterocycles. The van der Waals surface area contributed by atoms with Gasteiger partial charge in [-0.1, -0.05) is 42.0 Å². The van der Waals surface area contributed by atoms with Crippen molar-refractivity contribution in [2.75, 3.05) is 27.6 Å².